The van der Waals surface area contributed by atoms with Crippen LogP contribution < -0.4 is 0 Å². The Morgan fingerprint density at radius 1 is 0.489 bits per heavy atom. The number of carbonyl (C=O) groups excluding carboxylic acids is 3. The van der Waals surface area contributed by atoms with Crippen LogP contribution in [-0.2, 0) is 109 Å². The Bertz CT molecular complexity index is 4380. The number of methoxy groups -OCH3 is 4. The van der Waals surface area contributed by atoms with Crippen molar-refractivity contribution in [1.29, 1.82) is 0 Å². The van der Waals surface area contributed by atoms with E-state index in [4.69, 9.17) is 99.5 Å². The molecule has 0 saturated carbocycles. The molecule has 131 heavy (non-hydrogen) atoms. The first-order chi connectivity index (χ1) is 62.4. The van der Waals surface area contributed by atoms with Gasteiger partial charge in [-0.25, -0.2) is 4.79 Å². The summed E-state index contributed by atoms with van der Waals surface area (Å²) in [5.74, 6) is -6.11. The largest absolute Gasteiger partial charge is 0.462 e. The standard InChI is InChI=1S/C55H76O15.C47H70O14/c1-11-30(2)49-33(5)22-23-54(69-49)28-40-25-39(68-54)21-20-32(4)48(66-45-27-43(61-10)50(36(8)64-45)67-44-26-42(60-9)47(57)35(7)63-44)31(3)16-15-19-38-29-62-51-46(56)34(6)24-41(53(59)65-40)55(38,51)70-52(58)37-17-13-12-14-18-37;1-24(2)41-27(5)16-17-46(61-41)22-33-19-32(60-46)15-14-26(4)42(25(3)12-11-13-31-23-54-44-39(48)28(6)18-34(45(50)57-33)47(31,44)51)58-38-21-36(53-10)43(30(8)56-38)59-37-20-35(52-9)40(49)29(7)55-37/h12-20,22-24,30-31,33,35-36,39-51,56-57H,11,21,25-29H2,1-10H3;11-14,16-18,24-25,27,29-30,32-44,48-49,51H,15,19-23H2,1-10H3/b16-15+,32-20+,38-19+;12-11+,26-14+,31-13+/t30-,31-,33-,35-,36-,39+,40-,41-,42-,43-,44-,45-,46+,47-,48-,49+,50-,51+,54+,55+;25-,27-,29-,30-,32+,33-,34-,35-,36-,37-,38-,39+,40-,41+,42-,43-,44+,46+,47+/m00/s1. The van der Waals surface area contributed by atoms with Gasteiger partial charge in [-0.15, -0.1) is 0 Å². The van der Waals surface area contributed by atoms with E-state index in [1.807, 2.05) is 70.2 Å². The molecule has 2 spiro atoms. The minimum Gasteiger partial charge on any atom is -0.462 e. The number of carbonyl (C=O) groups is 3. The third kappa shape index (κ3) is 21.8. The van der Waals surface area contributed by atoms with Crippen LogP contribution in [0, 0.1) is 47.3 Å². The molecule has 728 valence electrons. The molecule has 29 heteroatoms. The maximum atomic E-state index is 15.0. The van der Waals surface area contributed by atoms with Crippen molar-refractivity contribution in [1.82, 2.24) is 0 Å². The molecule has 5 N–H and O–H groups in total. The van der Waals surface area contributed by atoms with Gasteiger partial charge in [-0.3, -0.25) is 9.59 Å². The van der Waals surface area contributed by atoms with Crippen LogP contribution in [-0.4, -0.2) is 280 Å². The van der Waals surface area contributed by atoms with E-state index in [1.54, 1.807) is 105 Å². The average molecular weight is 1840 g/mol. The van der Waals surface area contributed by atoms with E-state index >= 15 is 4.79 Å². The molecular formula is C102H146O29. The van der Waals surface area contributed by atoms with Gasteiger partial charge in [-0.1, -0.05) is 153 Å². The van der Waals surface area contributed by atoms with Gasteiger partial charge >= 0.3 is 17.9 Å². The number of allylic oxidation sites excluding steroid dienone is 4. The van der Waals surface area contributed by atoms with Gasteiger partial charge < -0.3 is 125 Å². The molecule has 0 radical (unpaired) electrons. The van der Waals surface area contributed by atoms with Crippen molar-refractivity contribution < 1.29 is 139 Å². The van der Waals surface area contributed by atoms with Crippen LogP contribution in [0.1, 0.15) is 192 Å². The van der Waals surface area contributed by atoms with Crippen LogP contribution in [0.5, 0.6) is 0 Å². The molecule has 4 bridgehead atoms. The second-order valence-electron chi connectivity index (χ2n) is 39.5. The van der Waals surface area contributed by atoms with E-state index < -0.39 is 200 Å². The zero-order valence-corrected chi connectivity index (χ0v) is 80.0. The summed E-state index contributed by atoms with van der Waals surface area (Å²) in [6.45, 7) is 32.0. The van der Waals surface area contributed by atoms with Crippen molar-refractivity contribution in [2.24, 2.45) is 47.3 Å². The fourth-order valence-corrected chi connectivity index (χ4v) is 21.9. The molecule has 1 aromatic rings. The minimum atomic E-state index is -1.83. The highest BCUT2D eigenvalue weighted by atomic mass is 16.8. The van der Waals surface area contributed by atoms with E-state index in [0.29, 0.717) is 80.1 Å². The second kappa shape index (κ2) is 43.0. The van der Waals surface area contributed by atoms with Crippen LogP contribution >= 0.6 is 0 Å². The Kier molecular flexibility index (Phi) is 33.2. The lowest BCUT2D eigenvalue weighted by atomic mass is 9.70. The van der Waals surface area contributed by atoms with E-state index in [2.05, 4.69) is 79.7 Å². The maximum Gasteiger partial charge on any atom is 0.339 e. The Morgan fingerprint density at radius 3 is 1.40 bits per heavy atom. The monoisotopic (exact) mass is 1830 g/mol. The fourth-order valence-electron chi connectivity index (χ4n) is 21.9. The summed E-state index contributed by atoms with van der Waals surface area (Å²) in [4.78, 5) is 43.6. The molecule has 8 fully saturated rings. The van der Waals surface area contributed by atoms with Crippen LogP contribution in [0.2, 0.25) is 0 Å². The lowest BCUT2D eigenvalue weighted by Gasteiger charge is -2.48. The first-order valence-corrected chi connectivity index (χ1v) is 47.7. The Morgan fingerprint density at radius 2 is 0.916 bits per heavy atom. The lowest BCUT2D eigenvalue weighted by molar-refractivity contribution is -0.318. The molecule has 29 nitrogen and oxygen atoms in total. The number of fused-ring (bicyclic) bond motifs is 4. The highest BCUT2D eigenvalue weighted by Crippen LogP contribution is 2.52. The molecule has 2 aliphatic carbocycles. The molecule has 8 saturated heterocycles. The molecule has 14 aliphatic rings. The van der Waals surface area contributed by atoms with E-state index in [9.17, 15) is 35.1 Å². The first kappa shape index (κ1) is 101. The lowest BCUT2D eigenvalue weighted by Crippen LogP contribution is -2.60. The van der Waals surface area contributed by atoms with Crippen molar-refractivity contribution in [3.8, 4) is 0 Å². The maximum absolute atomic E-state index is 15.0. The number of benzene rings is 1. The van der Waals surface area contributed by atoms with Crippen molar-refractivity contribution in [3.63, 3.8) is 0 Å². The summed E-state index contributed by atoms with van der Waals surface area (Å²) in [5, 5.41) is 56.5. The summed E-state index contributed by atoms with van der Waals surface area (Å²) >= 11 is 0. The molecule has 0 amide bonds. The van der Waals surface area contributed by atoms with Gasteiger partial charge in [0.25, 0.3) is 0 Å². The number of ether oxygens (including phenoxy) is 21. The Labute approximate surface area is 772 Å². The topological polar surface area (TPSA) is 346 Å². The highest BCUT2D eigenvalue weighted by molar-refractivity contribution is 5.91. The van der Waals surface area contributed by atoms with E-state index in [-0.39, 0.29) is 85.1 Å². The van der Waals surface area contributed by atoms with E-state index in [1.165, 1.54) is 0 Å². The summed E-state index contributed by atoms with van der Waals surface area (Å²) in [7, 11) is 6.43. The third-order valence-electron chi connectivity index (χ3n) is 29.7. The summed E-state index contributed by atoms with van der Waals surface area (Å²) in [6.07, 6.45) is 15.5. The van der Waals surface area contributed by atoms with Crippen LogP contribution in [0.15, 0.2) is 149 Å². The molecule has 0 aromatic heterocycles. The predicted octanol–water partition coefficient (Wildman–Crippen LogP) is 12.2. The molecule has 39 atom stereocenters. The van der Waals surface area contributed by atoms with Gasteiger partial charge in [0.2, 0.25) is 0 Å². The summed E-state index contributed by atoms with van der Waals surface area (Å²) < 4.78 is 135. The van der Waals surface area contributed by atoms with Gasteiger partial charge in [0, 0.05) is 109 Å². The van der Waals surface area contributed by atoms with E-state index in [0.717, 1.165) is 17.6 Å². The molecule has 1 aromatic carbocycles. The van der Waals surface area contributed by atoms with Crippen molar-refractivity contribution in [3.05, 3.63) is 154 Å². The van der Waals surface area contributed by atoms with Gasteiger partial charge in [0.05, 0.1) is 104 Å². The number of hydrogen-bond donors (Lipinski definition) is 5. The predicted molar refractivity (Wildman–Crippen MR) is 480 cm³/mol. The number of rotatable bonds is 17. The normalized spacial score (nSPS) is 46.9. The van der Waals surface area contributed by atoms with Gasteiger partial charge in [-0.05, 0) is 132 Å². The SMILES string of the molecule is CC[C@H](C)[C@H]1O[C@]2(C=C[C@@H]1C)C[C@@H]1C[C@@H](C/C=C(\C)[C@@H](O[C@H]3C[C@H](OC)[C@@H](O[C@H]4C[C@H](OC)[C@@H](O)[C@H](C)O4)[C@H](C)O3)[C@@H](C)/C=C/C=C3\CO[C@@H]4[C@H](O)C(C)=C[C@@H](C(=O)O1)[C@]34OC(=O)c1ccccc1)O2.CO[C@H]1C[C@H](O[C@H]2[C@H](C)O[C@@H](O[C@@H]3/C(C)=C/C[C@@H]4C[C@@H](C[C@]5(C=C[C@H](C)[C@@H](C(C)C)O5)O4)OC(=O)[C@@H]4C=C(C)[C@@H](O)[C@H]5OC/C(=C\C=C\[C@@H]3C)[C@]54O)C[C@@H]2OC)O[C@@H](C)[C@@H]1O. The second-order valence-corrected chi connectivity index (χ2v) is 39.5. The zero-order valence-electron chi connectivity index (χ0n) is 80.0. The van der Waals surface area contributed by atoms with Crippen molar-refractivity contribution in [2.45, 2.75) is 376 Å². The average Bonchev–Trinajstić information content (AvgIpc) is 1.15. The third-order valence-corrected chi connectivity index (χ3v) is 29.7. The summed E-state index contributed by atoms with van der Waals surface area (Å²) in [5.41, 5.74) is 0.598. The van der Waals surface area contributed by atoms with Crippen LogP contribution in [0.4, 0.5) is 0 Å². The minimum absolute atomic E-state index is 0.0183. The zero-order chi connectivity index (χ0) is 94.0. The van der Waals surface area contributed by atoms with Gasteiger partial charge in [0.1, 0.15) is 78.5 Å². The van der Waals surface area contributed by atoms with Gasteiger partial charge in [0.15, 0.2) is 42.3 Å². The number of hydrogen-bond acceptors (Lipinski definition) is 29. The number of aliphatic hydroxyl groups is 5. The Balaban J connectivity index is 0.000000213. The van der Waals surface area contributed by atoms with Crippen LogP contribution in [0.3, 0.4) is 0 Å². The smallest absolute Gasteiger partial charge is 0.339 e. The Hall–Kier alpha value is -5.89. The van der Waals surface area contributed by atoms with Crippen molar-refractivity contribution in [2.75, 3.05) is 41.7 Å². The van der Waals surface area contributed by atoms with Gasteiger partial charge in [-0.2, -0.15) is 0 Å². The summed E-state index contributed by atoms with van der Waals surface area (Å²) in [6, 6.07) is 8.59. The first-order valence-electron chi connectivity index (χ1n) is 47.7. The molecule has 15 rings (SSSR count). The molecular weight excluding hydrogens is 1690 g/mol. The number of esters is 3. The highest BCUT2D eigenvalue weighted by Gasteiger charge is 2.65. The van der Waals surface area contributed by atoms with Crippen LogP contribution in [0.25, 0.3) is 0 Å². The van der Waals surface area contributed by atoms with Crippen molar-refractivity contribution >= 4 is 17.9 Å². The fraction of sp³-hybridized carbons (Fsp3) is 0.716. The molecule has 12 aliphatic heterocycles. The molecule has 12 heterocycles. The quantitative estimate of drug-likeness (QED) is 0.0549. The number of aliphatic hydroxyl groups excluding tert-OH is 4. The molecule has 0 unspecified atom stereocenters.